The molecule has 0 aliphatic carbocycles. The van der Waals surface area contributed by atoms with Gasteiger partial charge < -0.3 is 15.8 Å². The first kappa shape index (κ1) is 10.7. The molecule has 0 aliphatic heterocycles. The highest BCUT2D eigenvalue weighted by atomic mass is 32.1. The molecule has 6 heteroatoms. The Morgan fingerprint density at radius 2 is 2.31 bits per heavy atom. The number of carbonyl (C=O) groups excluding carboxylic acids is 1. The van der Waals surface area contributed by atoms with Gasteiger partial charge in [0.05, 0.1) is 17.5 Å². The number of methoxy groups -OCH3 is 1. The molecule has 0 saturated heterocycles. The van der Waals surface area contributed by atoms with E-state index in [9.17, 15) is 4.79 Å². The highest BCUT2D eigenvalue weighted by molar-refractivity contribution is 7.22. The number of aromatic nitrogens is 1. The maximum Gasteiger partial charge on any atom is 0.221 e. The topological polar surface area (TPSA) is 77.2 Å². The first-order valence-electron chi connectivity index (χ1n) is 4.62. The number of rotatable bonds is 2. The third-order valence-corrected chi connectivity index (χ3v) is 2.97. The van der Waals surface area contributed by atoms with Crippen molar-refractivity contribution in [3.63, 3.8) is 0 Å². The van der Waals surface area contributed by atoms with E-state index in [0.717, 1.165) is 4.70 Å². The molecule has 1 amide bonds. The number of nitrogens with zero attached hydrogens (tertiary/aromatic N) is 1. The average Bonchev–Trinajstić information content (AvgIpc) is 2.59. The quantitative estimate of drug-likeness (QED) is 0.835. The van der Waals surface area contributed by atoms with Crippen molar-refractivity contribution in [3.8, 4) is 5.75 Å². The van der Waals surface area contributed by atoms with Crippen LogP contribution >= 0.6 is 11.3 Å². The molecular formula is C10H11N3O2S. The van der Waals surface area contributed by atoms with Gasteiger partial charge >= 0.3 is 0 Å². The van der Waals surface area contributed by atoms with Crippen molar-refractivity contribution < 1.29 is 9.53 Å². The number of nitrogens with one attached hydrogen (secondary N) is 1. The molecule has 2 aromatic rings. The molecule has 1 aromatic heterocycles. The van der Waals surface area contributed by atoms with Crippen molar-refractivity contribution in [3.05, 3.63) is 12.1 Å². The number of hydrogen-bond donors (Lipinski definition) is 2. The third kappa shape index (κ3) is 1.79. The molecule has 84 valence electrons. The molecule has 2 rings (SSSR count). The van der Waals surface area contributed by atoms with Gasteiger partial charge in [0.15, 0.2) is 5.13 Å². The summed E-state index contributed by atoms with van der Waals surface area (Å²) in [7, 11) is 1.57. The van der Waals surface area contributed by atoms with E-state index in [1.54, 1.807) is 19.2 Å². The number of fused-ring (bicyclic) bond motifs is 1. The van der Waals surface area contributed by atoms with Crippen LogP contribution in [-0.2, 0) is 4.79 Å². The zero-order valence-electron chi connectivity index (χ0n) is 8.90. The third-order valence-electron chi connectivity index (χ3n) is 2.05. The molecule has 1 heterocycles. The minimum absolute atomic E-state index is 0.126. The van der Waals surface area contributed by atoms with Gasteiger partial charge in [-0.05, 0) is 12.1 Å². The lowest BCUT2D eigenvalue weighted by atomic mass is 10.2. The number of thiazole rings is 1. The van der Waals surface area contributed by atoms with Crippen molar-refractivity contribution >= 4 is 38.3 Å². The summed E-state index contributed by atoms with van der Waals surface area (Å²) in [4.78, 5) is 15.2. The smallest absolute Gasteiger partial charge is 0.221 e. The van der Waals surface area contributed by atoms with Gasteiger partial charge in [0, 0.05) is 6.92 Å². The Kier molecular flexibility index (Phi) is 2.66. The van der Waals surface area contributed by atoms with E-state index in [-0.39, 0.29) is 5.91 Å². The molecule has 0 saturated carbocycles. The summed E-state index contributed by atoms with van der Waals surface area (Å²) >= 11 is 1.32. The second-order valence-electron chi connectivity index (χ2n) is 3.23. The fraction of sp³-hybridized carbons (Fsp3) is 0.200. The van der Waals surface area contributed by atoms with Crippen LogP contribution in [0, 0.1) is 0 Å². The second kappa shape index (κ2) is 3.97. The van der Waals surface area contributed by atoms with Crippen molar-refractivity contribution in [1.29, 1.82) is 0 Å². The maximum atomic E-state index is 11.0. The minimum Gasteiger partial charge on any atom is -0.494 e. The number of nitrogens with two attached hydrogens (primary N) is 1. The standard InChI is InChI=1S/C10H11N3O2S/c1-5(14)12-6-3-4-7(15-2)8-9(6)16-10(11)13-8/h3-4H,1-2H3,(H2,11,13)(H,12,14). The predicted molar refractivity (Wildman–Crippen MR) is 64.9 cm³/mol. The molecule has 0 spiro atoms. The zero-order chi connectivity index (χ0) is 11.7. The summed E-state index contributed by atoms with van der Waals surface area (Å²) in [5.41, 5.74) is 7.04. The Hall–Kier alpha value is -1.82. The summed E-state index contributed by atoms with van der Waals surface area (Å²) in [5, 5.41) is 3.18. The van der Waals surface area contributed by atoms with Crippen LogP contribution in [0.1, 0.15) is 6.92 Å². The van der Waals surface area contributed by atoms with Gasteiger partial charge in [-0.15, -0.1) is 0 Å². The summed E-state index contributed by atoms with van der Waals surface area (Å²) in [6.07, 6.45) is 0. The van der Waals surface area contributed by atoms with Crippen molar-refractivity contribution in [2.24, 2.45) is 0 Å². The van der Waals surface area contributed by atoms with Crippen LogP contribution in [0.3, 0.4) is 0 Å². The fourth-order valence-corrected chi connectivity index (χ4v) is 2.27. The summed E-state index contributed by atoms with van der Waals surface area (Å²) in [6.45, 7) is 1.46. The molecule has 0 radical (unpaired) electrons. The number of ether oxygens (including phenoxy) is 1. The average molecular weight is 237 g/mol. The molecule has 0 bridgehead atoms. The van der Waals surface area contributed by atoms with Gasteiger partial charge in [-0.1, -0.05) is 11.3 Å². The molecule has 0 unspecified atom stereocenters. The lowest BCUT2D eigenvalue weighted by molar-refractivity contribution is -0.114. The Bertz CT molecular complexity index is 550. The first-order valence-corrected chi connectivity index (χ1v) is 5.44. The SMILES string of the molecule is COc1ccc(NC(C)=O)c2sc(N)nc12. The number of nitrogen functional groups attached to an aromatic ring is 1. The molecule has 3 N–H and O–H groups in total. The van der Waals surface area contributed by atoms with E-state index in [1.165, 1.54) is 18.3 Å². The summed E-state index contributed by atoms with van der Waals surface area (Å²) < 4.78 is 6.00. The minimum atomic E-state index is -0.126. The van der Waals surface area contributed by atoms with Crippen molar-refractivity contribution in [2.75, 3.05) is 18.2 Å². The van der Waals surface area contributed by atoms with Crippen LogP contribution in [0.5, 0.6) is 5.75 Å². The van der Waals surface area contributed by atoms with Crippen LogP contribution in [-0.4, -0.2) is 18.0 Å². The van der Waals surface area contributed by atoms with Crippen LogP contribution in [0.25, 0.3) is 10.2 Å². The highest BCUT2D eigenvalue weighted by Gasteiger charge is 2.12. The van der Waals surface area contributed by atoms with Gasteiger partial charge in [-0.2, -0.15) is 0 Å². The van der Waals surface area contributed by atoms with Gasteiger partial charge in [0.25, 0.3) is 0 Å². The number of hydrogen-bond acceptors (Lipinski definition) is 5. The fourth-order valence-electron chi connectivity index (χ4n) is 1.45. The summed E-state index contributed by atoms with van der Waals surface area (Å²) in [6, 6.07) is 3.53. The predicted octanol–water partition coefficient (Wildman–Crippen LogP) is 1.85. The number of benzene rings is 1. The second-order valence-corrected chi connectivity index (χ2v) is 4.26. The normalized spacial score (nSPS) is 10.4. The van der Waals surface area contributed by atoms with Crippen LogP contribution in [0.2, 0.25) is 0 Å². The Morgan fingerprint density at radius 1 is 1.56 bits per heavy atom. The zero-order valence-corrected chi connectivity index (χ0v) is 9.72. The highest BCUT2D eigenvalue weighted by Crippen LogP contribution is 2.36. The lowest BCUT2D eigenvalue weighted by Gasteiger charge is -2.05. The monoisotopic (exact) mass is 237 g/mol. The first-order chi connectivity index (χ1) is 7.61. The Labute approximate surface area is 96.2 Å². The summed E-state index contributed by atoms with van der Waals surface area (Å²) in [5.74, 6) is 0.524. The van der Waals surface area contributed by atoms with E-state index >= 15 is 0 Å². The largest absolute Gasteiger partial charge is 0.494 e. The molecule has 0 fully saturated rings. The number of anilines is 2. The molecular weight excluding hydrogens is 226 g/mol. The van der Waals surface area contributed by atoms with Gasteiger partial charge in [0.2, 0.25) is 5.91 Å². The van der Waals surface area contributed by atoms with Crippen molar-refractivity contribution in [2.45, 2.75) is 6.92 Å². The van der Waals surface area contributed by atoms with E-state index in [4.69, 9.17) is 10.5 Å². The molecule has 1 aromatic carbocycles. The number of amides is 1. The Balaban J connectivity index is 2.64. The lowest BCUT2D eigenvalue weighted by Crippen LogP contribution is -2.05. The number of carbonyl (C=O) groups is 1. The van der Waals surface area contributed by atoms with Crippen LogP contribution < -0.4 is 15.8 Å². The molecule has 0 aliphatic rings. The Morgan fingerprint density at radius 3 is 2.94 bits per heavy atom. The van der Waals surface area contributed by atoms with Gasteiger partial charge in [-0.3, -0.25) is 4.79 Å². The van der Waals surface area contributed by atoms with E-state index in [1.807, 2.05) is 0 Å². The molecule has 16 heavy (non-hydrogen) atoms. The van der Waals surface area contributed by atoms with Gasteiger partial charge in [-0.25, -0.2) is 4.98 Å². The molecule has 0 atom stereocenters. The van der Waals surface area contributed by atoms with E-state index in [2.05, 4.69) is 10.3 Å². The van der Waals surface area contributed by atoms with Gasteiger partial charge in [0.1, 0.15) is 11.3 Å². The van der Waals surface area contributed by atoms with E-state index in [0.29, 0.717) is 22.1 Å². The van der Waals surface area contributed by atoms with Crippen LogP contribution in [0.4, 0.5) is 10.8 Å². The van der Waals surface area contributed by atoms with Crippen LogP contribution in [0.15, 0.2) is 12.1 Å². The molecule has 5 nitrogen and oxygen atoms in total. The van der Waals surface area contributed by atoms with E-state index < -0.39 is 0 Å². The van der Waals surface area contributed by atoms with Crippen molar-refractivity contribution in [1.82, 2.24) is 4.98 Å². The maximum absolute atomic E-state index is 11.0.